The molecule has 136 valence electrons. The summed E-state index contributed by atoms with van der Waals surface area (Å²) in [5.41, 5.74) is 0.800. The maximum absolute atomic E-state index is 13.3. The van der Waals surface area contributed by atoms with Crippen LogP contribution in [0.3, 0.4) is 0 Å². The van der Waals surface area contributed by atoms with E-state index in [4.69, 9.17) is 10.00 Å². The summed E-state index contributed by atoms with van der Waals surface area (Å²) >= 11 is 0. The average molecular weight is 375 g/mol. The lowest BCUT2D eigenvalue weighted by molar-refractivity contribution is 0.124. The molecule has 1 saturated heterocycles. The largest absolute Gasteiger partial charge is 0.473 e. The van der Waals surface area contributed by atoms with Crippen molar-refractivity contribution in [3.8, 4) is 11.9 Å². The van der Waals surface area contributed by atoms with Gasteiger partial charge in [-0.05, 0) is 49.6 Å². The fourth-order valence-corrected chi connectivity index (χ4v) is 4.69. The van der Waals surface area contributed by atoms with E-state index in [1.54, 1.807) is 13.0 Å². The van der Waals surface area contributed by atoms with Crippen LogP contribution in [0.1, 0.15) is 24.0 Å². The van der Waals surface area contributed by atoms with Gasteiger partial charge in [-0.25, -0.2) is 17.8 Å². The van der Waals surface area contributed by atoms with Crippen LogP contribution in [0.25, 0.3) is 0 Å². The number of hydrogen-bond donors (Lipinski definition) is 0. The number of piperidine rings is 1. The highest BCUT2D eigenvalue weighted by Crippen LogP contribution is 2.25. The molecule has 1 fully saturated rings. The van der Waals surface area contributed by atoms with Crippen LogP contribution in [0.15, 0.2) is 41.4 Å². The fourth-order valence-electron chi connectivity index (χ4n) is 2.98. The standard InChI is InChI=1S/C18H18FN3O3S/c1-13-9-15(19)4-5-17(13)26(23,24)22-8-2-3-16(12-22)25-18-10-14(11-20)6-7-21-18/h4-7,9-10,16H,2-3,8,12H2,1H3. The third-order valence-electron chi connectivity index (χ3n) is 4.25. The Hall–Kier alpha value is -2.50. The lowest BCUT2D eigenvalue weighted by atomic mass is 10.1. The number of nitriles is 1. The van der Waals surface area contributed by atoms with Crippen molar-refractivity contribution in [3.05, 3.63) is 53.5 Å². The summed E-state index contributed by atoms with van der Waals surface area (Å²) in [5, 5.41) is 8.94. The summed E-state index contributed by atoms with van der Waals surface area (Å²) in [4.78, 5) is 4.17. The van der Waals surface area contributed by atoms with E-state index in [0.29, 0.717) is 36.4 Å². The number of aromatic nitrogens is 1. The first-order chi connectivity index (χ1) is 12.4. The Balaban J connectivity index is 1.78. The maximum Gasteiger partial charge on any atom is 0.243 e. The molecule has 1 atom stereocenters. The Morgan fingerprint density at radius 3 is 2.88 bits per heavy atom. The summed E-state index contributed by atoms with van der Waals surface area (Å²) < 4.78 is 46.2. The number of aryl methyl sites for hydroxylation is 1. The molecular weight excluding hydrogens is 357 g/mol. The second kappa shape index (κ2) is 7.40. The minimum Gasteiger partial charge on any atom is -0.473 e. The Kier molecular flexibility index (Phi) is 5.20. The van der Waals surface area contributed by atoms with Gasteiger partial charge in [0.25, 0.3) is 0 Å². The summed E-state index contributed by atoms with van der Waals surface area (Å²) in [6.45, 7) is 2.13. The van der Waals surface area contributed by atoms with E-state index in [0.717, 1.165) is 6.07 Å². The molecule has 6 nitrogen and oxygen atoms in total. The van der Waals surface area contributed by atoms with Gasteiger partial charge in [-0.2, -0.15) is 9.57 Å². The summed E-state index contributed by atoms with van der Waals surface area (Å²) in [6, 6.07) is 8.76. The van der Waals surface area contributed by atoms with Gasteiger partial charge in [-0.15, -0.1) is 0 Å². The van der Waals surface area contributed by atoms with E-state index >= 15 is 0 Å². The van der Waals surface area contributed by atoms with Crippen molar-refractivity contribution >= 4 is 10.0 Å². The smallest absolute Gasteiger partial charge is 0.243 e. The predicted molar refractivity (Wildman–Crippen MR) is 92.5 cm³/mol. The van der Waals surface area contributed by atoms with Crippen molar-refractivity contribution in [2.75, 3.05) is 13.1 Å². The molecule has 0 radical (unpaired) electrons. The molecule has 3 rings (SSSR count). The topological polar surface area (TPSA) is 83.3 Å². The maximum atomic E-state index is 13.3. The number of ether oxygens (including phenoxy) is 1. The van der Waals surface area contributed by atoms with Crippen LogP contribution in [0.2, 0.25) is 0 Å². The Labute approximate surface area is 151 Å². The van der Waals surface area contributed by atoms with E-state index in [9.17, 15) is 12.8 Å². The highest BCUT2D eigenvalue weighted by molar-refractivity contribution is 7.89. The lowest BCUT2D eigenvalue weighted by Crippen LogP contribution is -2.44. The molecule has 0 saturated carbocycles. The molecule has 0 spiro atoms. The van der Waals surface area contributed by atoms with Gasteiger partial charge in [-0.3, -0.25) is 0 Å². The van der Waals surface area contributed by atoms with Crippen LogP contribution < -0.4 is 4.74 Å². The van der Waals surface area contributed by atoms with Crippen LogP contribution >= 0.6 is 0 Å². The lowest BCUT2D eigenvalue weighted by Gasteiger charge is -2.32. The molecule has 0 aliphatic carbocycles. The molecule has 1 unspecified atom stereocenters. The van der Waals surface area contributed by atoms with Gasteiger partial charge >= 0.3 is 0 Å². The van der Waals surface area contributed by atoms with Gasteiger partial charge in [0, 0.05) is 18.8 Å². The Morgan fingerprint density at radius 1 is 1.35 bits per heavy atom. The third kappa shape index (κ3) is 3.84. The number of nitrogens with zero attached hydrogens (tertiary/aromatic N) is 3. The van der Waals surface area contributed by atoms with E-state index in [2.05, 4.69) is 4.98 Å². The van der Waals surface area contributed by atoms with Crippen molar-refractivity contribution in [3.63, 3.8) is 0 Å². The molecular formula is C18H18FN3O3S. The molecule has 2 heterocycles. The van der Waals surface area contributed by atoms with Crippen LogP contribution in [-0.4, -0.2) is 36.9 Å². The van der Waals surface area contributed by atoms with Crippen molar-refractivity contribution in [1.82, 2.24) is 9.29 Å². The van der Waals surface area contributed by atoms with Gasteiger partial charge in [0.05, 0.1) is 23.1 Å². The molecule has 1 aliphatic heterocycles. The van der Waals surface area contributed by atoms with Crippen molar-refractivity contribution in [1.29, 1.82) is 5.26 Å². The molecule has 1 aliphatic rings. The van der Waals surface area contributed by atoms with Gasteiger partial charge in [0.2, 0.25) is 15.9 Å². The van der Waals surface area contributed by atoms with E-state index in [-0.39, 0.29) is 17.5 Å². The Bertz CT molecular complexity index is 956. The second-order valence-corrected chi connectivity index (χ2v) is 8.06. The van der Waals surface area contributed by atoms with Gasteiger partial charge in [0.15, 0.2) is 0 Å². The highest BCUT2D eigenvalue weighted by Gasteiger charge is 2.32. The van der Waals surface area contributed by atoms with Crippen LogP contribution in [-0.2, 0) is 10.0 Å². The van der Waals surface area contributed by atoms with Crippen molar-refractivity contribution in [2.24, 2.45) is 0 Å². The van der Waals surface area contributed by atoms with Gasteiger partial charge < -0.3 is 4.74 Å². The molecule has 26 heavy (non-hydrogen) atoms. The zero-order chi connectivity index (χ0) is 18.7. The van der Waals surface area contributed by atoms with Gasteiger partial charge in [-0.1, -0.05) is 0 Å². The first-order valence-corrected chi connectivity index (χ1v) is 9.63. The highest BCUT2D eigenvalue weighted by atomic mass is 32.2. The summed E-state index contributed by atoms with van der Waals surface area (Å²) in [5.74, 6) is -0.170. The zero-order valence-corrected chi connectivity index (χ0v) is 15.0. The monoisotopic (exact) mass is 375 g/mol. The molecule has 0 amide bonds. The van der Waals surface area contributed by atoms with Crippen LogP contribution in [0.4, 0.5) is 4.39 Å². The first-order valence-electron chi connectivity index (χ1n) is 8.19. The quantitative estimate of drug-likeness (QED) is 0.820. The van der Waals surface area contributed by atoms with E-state index < -0.39 is 15.8 Å². The number of sulfonamides is 1. The SMILES string of the molecule is Cc1cc(F)ccc1S(=O)(=O)N1CCCC(Oc2cc(C#N)ccn2)C1. The molecule has 0 N–H and O–H groups in total. The van der Waals surface area contributed by atoms with Crippen molar-refractivity contribution < 1.29 is 17.5 Å². The number of pyridine rings is 1. The third-order valence-corrected chi connectivity index (χ3v) is 6.27. The summed E-state index contributed by atoms with van der Waals surface area (Å²) in [6.07, 6.45) is 2.45. The average Bonchev–Trinajstić information content (AvgIpc) is 2.62. The minimum atomic E-state index is -3.73. The van der Waals surface area contributed by atoms with Crippen molar-refractivity contribution in [2.45, 2.75) is 30.8 Å². The van der Waals surface area contributed by atoms with Gasteiger partial charge in [0.1, 0.15) is 11.9 Å². The van der Waals surface area contributed by atoms with E-state index in [1.807, 2.05) is 6.07 Å². The normalized spacial score (nSPS) is 18.3. The fraction of sp³-hybridized carbons (Fsp3) is 0.333. The molecule has 1 aromatic heterocycles. The number of benzene rings is 1. The zero-order valence-electron chi connectivity index (χ0n) is 14.2. The molecule has 2 aromatic rings. The minimum absolute atomic E-state index is 0.101. The summed E-state index contributed by atoms with van der Waals surface area (Å²) in [7, 11) is -3.73. The Morgan fingerprint density at radius 2 is 2.15 bits per heavy atom. The van der Waals surface area contributed by atoms with Crippen LogP contribution in [0.5, 0.6) is 5.88 Å². The predicted octanol–water partition coefficient (Wildman–Crippen LogP) is 2.63. The van der Waals surface area contributed by atoms with Crippen LogP contribution in [0, 0.1) is 24.1 Å². The first kappa shape index (κ1) is 18.3. The molecule has 0 bridgehead atoms. The second-order valence-electron chi connectivity index (χ2n) is 6.15. The number of rotatable bonds is 4. The molecule has 1 aromatic carbocycles. The number of halogens is 1. The molecule has 8 heteroatoms. The number of hydrogen-bond acceptors (Lipinski definition) is 5. The van der Waals surface area contributed by atoms with E-state index in [1.165, 1.54) is 28.7 Å².